The van der Waals surface area contributed by atoms with Crippen LogP contribution in [0.5, 0.6) is 0 Å². The van der Waals surface area contributed by atoms with Crippen LogP contribution in [0.2, 0.25) is 0 Å². The van der Waals surface area contributed by atoms with Crippen molar-refractivity contribution in [3.63, 3.8) is 0 Å². The van der Waals surface area contributed by atoms with Gasteiger partial charge in [0.05, 0.1) is 0 Å². The summed E-state index contributed by atoms with van der Waals surface area (Å²) in [6.07, 6.45) is 0. The Morgan fingerprint density at radius 1 is 0.833 bits per heavy atom. The summed E-state index contributed by atoms with van der Waals surface area (Å²) in [5, 5.41) is 0. The van der Waals surface area contributed by atoms with Crippen LogP contribution >= 0.6 is 0 Å². The maximum absolute atomic E-state index is 8.58. The summed E-state index contributed by atoms with van der Waals surface area (Å²) in [6, 6.07) is 0. The van der Waals surface area contributed by atoms with Crippen molar-refractivity contribution in [1.29, 1.82) is 0 Å². The molecular formula is CuO4Si-4. The summed E-state index contributed by atoms with van der Waals surface area (Å²) in [7, 11) is -5.61. The van der Waals surface area contributed by atoms with Crippen molar-refractivity contribution in [2.24, 2.45) is 0 Å². The second kappa shape index (κ2) is 2.70. The van der Waals surface area contributed by atoms with Crippen molar-refractivity contribution >= 4 is 9.05 Å². The zero-order valence-electron chi connectivity index (χ0n) is 2.43. The largest absolute Gasteiger partial charge is 0.894 e. The molecule has 0 heterocycles. The SMILES string of the molecule is [Cu].[O-][Si]([O-])([O-])[O-]. The third-order valence-electron chi connectivity index (χ3n) is 0. The zero-order valence-corrected chi connectivity index (χ0v) is 4.38. The van der Waals surface area contributed by atoms with E-state index in [-0.39, 0.29) is 17.1 Å². The number of hydrogen-bond donors (Lipinski definition) is 0. The van der Waals surface area contributed by atoms with Crippen LogP contribution in [0.3, 0.4) is 0 Å². The van der Waals surface area contributed by atoms with E-state index in [0.29, 0.717) is 0 Å². The summed E-state index contributed by atoms with van der Waals surface area (Å²) >= 11 is 0. The Morgan fingerprint density at radius 3 is 0.833 bits per heavy atom. The van der Waals surface area contributed by atoms with Gasteiger partial charge in [-0.2, -0.15) is 0 Å². The summed E-state index contributed by atoms with van der Waals surface area (Å²) in [4.78, 5) is 34.3. The monoisotopic (exact) mass is 155 g/mol. The van der Waals surface area contributed by atoms with Crippen molar-refractivity contribution in [2.75, 3.05) is 0 Å². The van der Waals surface area contributed by atoms with E-state index in [9.17, 15) is 0 Å². The summed E-state index contributed by atoms with van der Waals surface area (Å²) in [6.45, 7) is 0. The van der Waals surface area contributed by atoms with Gasteiger partial charge in [-0.3, -0.25) is 0 Å². The Bertz CT molecular complexity index is 23.0. The standard InChI is InChI=1S/Cu.O4Si/c;1-5(2,3)4/q;-4. The zero-order chi connectivity index (χ0) is 4.50. The summed E-state index contributed by atoms with van der Waals surface area (Å²) in [5.74, 6) is 0. The summed E-state index contributed by atoms with van der Waals surface area (Å²) in [5.41, 5.74) is 0. The predicted molar refractivity (Wildman–Crippen MR) is 5.75 cm³/mol. The van der Waals surface area contributed by atoms with Gasteiger partial charge >= 0.3 is 0 Å². The van der Waals surface area contributed by atoms with Crippen LogP contribution in [0.15, 0.2) is 0 Å². The Morgan fingerprint density at radius 2 is 0.833 bits per heavy atom. The molecule has 0 aliphatic rings. The van der Waals surface area contributed by atoms with Crippen LogP contribution < -0.4 is 19.2 Å². The molecule has 0 unspecified atom stereocenters. The van der Waals surface area contributed by atoms with Gasteiger partial charge in [0.1, 0.15) is 0 Å². The molecule has 0 aromatic heterocycles. The van der Waals surface area contributed by atoms with Crippen LogP contribution in [0.25, 0.3) is 0 Å². The van der Waals surface area contributed by atoms with Crippen LogP contribution in [0.1, 0.15) is 0 Å². The average molecular weight is 156 g/mol. The number of rotatable bonds is 0. The second-order valence-corrected chi connectivity index (χ2v) is 1.50. The van der Waals surface area contributed by atoms with Crippen molar-refractivity contribution in [3.05, 3.63) is 0 Å². The maximum Gasteiger partial charge on any atom is 0 e. The molecule has 0 spiro atoms. The fourth-order valence-corrected chi connectivity index (χ4v) is 0. The minimum absolute atomic E-state index is 0. The normalized spacial score (nSPS) is 10.0. The van der Waals surface area contributed by atoms with Gasteiger partial charge in [-0.1, -0.05) is 0 Å². The van der Waals surface area contributed by atoms with Crippen molar-refractivity contribution < 1.29 is 36.3 Å². The first-order valence-corrected chi connectivity index (χ1v) is 2.45. The third-order valence-corrected chi connectivity index (χ3v) is 0. The van der Waals surface area contributed by atoms with Crippen LogP contribution in [-0.2, 0) is 17.1 Å². The molecule has 1 radical (unpaired) electrons. The molecule has 0 aliphatic heterocycles. The Hall–Kier alpha value is 0.576. The van der Waals surface area contributed by atoms with Crippen LogP contribution in [0.4, 0.5) is 0 Å². The van der Waals surface area contributed by atoms with E-state index in [1.807, 2.05) is 0 Å². The minimum atomic E-state index is -5.61. The first kappa shape index (κ1) is 9.76. The molecule has 0 aliphatic carbocycles. The van der Waals surface area contributed by atoms with Crippen LogP contribution in [0, 0.1) is 0 Å². The molecular weight excluding hydrogens is 156 g/mol. The smallest absolute Gasteiger partial charge is 0 e. The second-order valence-electron chi connectivity index (χ2n) is 0.500. The van der Waals surface area contributed by atoms with E-state index in [0.717, 1.165) is 0 Å². The minimum Gasteiger partial charge on any atom is -0.894 e. The molecule has 6 heavy (non-hydrogen) atoms. The van der Waals surface area contributed by atoms with Gasteiger partial charge in [0.2, 0.25) is 0 Å². The van der Waals surface area contributed by atoms with Crippen LogP contribution in [-0.4, -0.2) is 9.05 Å². The van der Waals surface area contributed by atoms with E-state index < -0.39 is 9.05 Å². The molecule has 0 bridgehead atoms. The van der Waals surface area contributed by atoms with Crippen molar-refractivity contribution in [2.45, 2.75) is 0 Å². The van der Waals surface area contributed by atoms with Gasteiger partial charge < -0.3 is 28.2 Å². The van der Waals surface area contributed by atoms with Gasteiger partial charge in [-0.15, -0.1) is 0 Å². The molecule has 0 atom stereocenters. The Balaban J connectivity index is 0. The molecule has 0 fully saturated rings. The summed E-state index contributed by atoms with van der Waals surface area (Å²) < 4.78 is 0. The molecule has 4 nitrogen and oxygen atoms in total. The van der Waals surface area contributed by atoms with E-state index in [2.05, 4.69) is 0 Å². The predicted octanol–water partition coefficient (Wildman–Crippen LogP) is -5.14. The van der Waals surface area contributed by atoms with Gasteiger partial charge in [0.25, 0.3) is 0 Å². The Kier molecular flexibility index (Phi) is 4.39. The van der Waals surface area contributed by atoms with Crippen molar-refractivity contribution in [3.8, 4) is 0 Å². The molecule has 6 heteroatoms. The molecule has 0 aromatic rings. The van der Waals surface area contributed by atoms with Crippen molar-refractivity contribution in [1.82, 2.24) is 0 Å². The van der Waals surface area contributed by atoms with E-state index in [1.165, 1.54) is 0 Å². The van der Waals surface area contributed by atoms with Gasteiger partial charge in [0, 0.05) is 17.1 Å². The van der Waals surface area contributed by atoms with Gasteiger partial charge in [-0.05, 0) is 0 Å². The fraction of sp³-hybridized carbons (Fsp3) is 0. The van der Waals surface area contributed by atoms with Gasteiger partial charge in [-0.25, -0.2) is 0 Å². The van der Waals surface area contributed by atoms with Gasteiger partial charge in [0.15, 0.2) is 0 Å². The molecule has 43 valence electrons. The molecule has 0 rings (SSSR count). The fourth-order valence-electron chi connectivity index (χ4n) is 0. The van der Waals surface area contributed by atoms with E-state index in [4.69, 9.17) is 19.2 Å². The molecule has 0 amide bonds. The maximum atomic E-state index is 8.58. The molecule has 0 saturated carbocycles. The average Bonchev–Trinajstić information content (AvgIpc) is 0.722. The topological polar surface area (TPSA) is 92.2 Å². The van der Waals surface area contributed by atoms with E-state index >= 15 is 0 Å². The molecule has 0 aromatic carbocycles. The van der Waals surface area contributed by atoms with E-state index in [1.54, 1.807) is 0 Å². The molecule has 0 N–H and O–H groups in total. The number of hydrogen-bond acceptors (Lipinski definition) is 4. The molecule has 0 saturated heterocycles. The third kappa shape index (κ3) is 176. The Labute approximate surface area is 46.0 Å². The first-order valence-electron chi connectivity index (χ1n) is 0.816. The first-order chi connectivity index (χ1) is 2.00. The quantitative estimate of drug-likeness (QED) is 0.327.